The highest BCUT2D eigenvalue weighted by molar-refractivity contribution is 7.88. The van der Waals surface area contributed by atoms with Gasteiger partial charge in [0, 0.05) is 16.5 Å². The molecule has 0 radical (unpaired) electrons. The van der Waals surface area contributed by atoms with Crippen molar-refractivity contribution in [3.8, 4) is 0 Å². The lowest BCUT2D eigenvalue weighted by Crippen LogP contribution is -2.26. The molecule has 116 valence electrons. The Kier molecular flexibility index (Phi) is 3.92. The fourth-order valence-electron chi connectivity index (χ4n) is 2.39. The standard InChI is InChI=1S/C14H12Cl2N2O3S/c1-22(19,20)18-13(10-5-4-9(15)7-11(10)16)8-12(17-18)14-3-2-6-21-14/h2-7,13H,8H2,1H3/t13-/m1/s1. The van der Waals surface area contributed by atoms with Gasteiger partial charge in [-0.3, -0.25) is 0 Å². The van der Waals surface area contributed by atoms with Crippen molar-refractivity contribution >= 4 is 38.9 Å². The van der Waals surface area contributed by atoms with Crippen molar-refractivity contribution in [1.29, 1.82) is 0 Å². The molecular weight excluding hydrogens is 347 g/mol. The van der Waals surface area contributed by atoms with Gasteiger partial charge >= 0.3 is 0 Å². The van der Waals surface area contributed by atoms with Crippen molar-refractivity contribution in [2.75, 3.05) is 6.26 Å². The van der Waals surface area contributed by atoms with Gasteiger partial charge in [0.15, 0.2) is 0 Å². The number of furan rings is 1. The summed E-state index contributed by atoms with van der Waals surface area (Å²) in [6.45, 7) is 0. The Hall–Kier alpha value is -1.50. The Morgan fingerprint density at radius 2 is 2.09 bits per heavy atom. The molecule has 0 spiro atoms. The van der Waals surface area contributed by atoms with Crippen LogP contribution < -0.4 is 0 Å². The number of sulfonamides is 1. The number of hydrogen-bond donors (Lipinski definition) is 0. The monoisotopic (exact) mass is 358 g/mol. The number of rotatable bonds is 3. The predicted molar refractivity (Wildman–Crippen MR) is 85.7 cm³/mol. The second kappa shape index (κ2) is 5.61. The Morgan fingerprint density at radius 1 is 1.32 bits per heavy atom. The van der Waals surface area contributed by atoms with E-state index in [4.69, 9.17) is 27.6 Å². The van der Waals surface area contributed by atoms with Crippen molar-refractivity contribution in [2.45, 2.75) is 12.5 Å². The SMILES string of the molecule is CS(=O)(=O)N1N=C(c2ccco2)C[C@@H]1c1ccc(Cl)cc1Cl. The molecule has 1 aromatic heterocycles. The molecule has 1 aliphatic rings. The molecule has 3 rings (SSSR count). The van der Waals surface area contributed by atoms with E-state index in [1.54, 1.807) is 30.3 Å². The van der Waals surface area contributed by atoms with E-state index in [9.17, 15) is 8.42 Å². The lowest BCUT2D eigenvalue weighted by Gasteiger charge is -2.22. The zero-order chi connectivity index (χ0) is 15.9. The minimum Gasteiger partial charge on any atom is -0.463 e. The summed E-state index contributed by atoms with van der Waals surface area (Å²) in [5.41, 5.74) is 1.22. The van der Waals surface area contributed by atoms with Gasteiger partial charge in [-0.05, 0) is 29.8 Å². The third-order valence-corrected chi connectivity index (χ3v) is 4.92. The molecule has 0 saturated heterocycles. The van der Waals surface area contributed by atoms with Crippen LogP contribution in [0.5, 0.6) is 0 Å². The van der Waals surface area contributed by atoms with Crippen LogP contribution in [-0.2, 0) is 10.0 Å². The van der Waals surface area contributed by atoms with E-state index in [0.29, 0.717) is 33.5 Å². The van der Waals surface area contributed by atoms with Crippen LogP contribution in [-0.4, -0.2) is 24.8 Å². The highest BCUT2D eigenvalue weighted by atomic mass is 35.5. The van der Waals surface area contributed by atoms with Crippen LogP contribution in [0.1, 0.15) is 23.8 Å². The summed E-state index contributed by atoms with van der Waals surface area (Å²) in [6, 6.07) is 7.93. The minimum absolute atomic E-state index is 0.377. The first-order chi connectivity index (χ1) is 10.4. The zero-order valence-electron chi connectivity index (χ0n) is 11.5. The van der Waals surface area contributed by atoms with E-state index in [1.165, 1.54) is 6.26 Å². The summed E-state index contributed by atoms with van der Waals surface area (Å²) in [6.07, 6.45) is 3.01. The first-order valence-electron chi connectivity index (χ1n) is 6.42. The van der Waals surface area contributed by atoms with Gasteiger partial charge in [-0.1, -0.05) is 29.3 Å². The molecular formula is C14H12Cl2N2O3S. The van der Waals surface area contributed by atoms with Gasteiger partial charge in [0.25, 0.3) is 0 Å². The maximum absolute atomic E-state index is 12.0. The molecule has 0 N–H and O–H groups in total. The molecule has 1 aromatic carbocycles. The number of nitrogens with zero attached hydrogens (tertiary/aromatic N) is 2. The van der Waals surface area contributed by atoms with Gasteiger partial charge in [0.1, 0.15) is 11.5 Å². The molecule has 2 heterocycles. The maximum atomic E-state index is 12.0. The Labute approximate surface area is 138 Å². The normalized spacial score (nSPS) is 18.6. The van der Waals surface area contributed by atoms with E-state index in [-0.39, 0.29) is 0 Å². The van der Waals surface area contributed by atoms with Crippen molar-refractivity contribution in [3.63, 3.8) is 0 Å². The highest BCUT2D eigenvalue weighted by Crippen LogP contribution is 2.38. The quantitative estimate of drug-likeness (QED) is 0.840. The molecule has 1 atom stereocenters. The van der Waals surface area contributed by atoms with Gasteiger partial charge < -0.3 is 4.42 Å². The predicted octanol–water partition coefficient (Wildman–Crippen LogP) is 3.70. The van der Waals surface area contributed by atoms with Gasteiger partial charge in [-0.2, -0.15) is 9.52 Å². The molecule has 1 aliphatic heterocycles. The molecule has 0 amide bonds. The van der Waals surface area contributed by atoms with Crippen LogP contribution >= 0.6 is 23.2 Å². The van der Waals surface area contributed by atoms with Crippen LogP contribution in [0.25, 0.3) is 0 Å². The molecule has 0 aliphatic carbocycles. The summed E-state index contributed by atoms with van der Waals surface area (Å²) in [4.78, 5) is 0. The van der Waals surface area contributed by atoms with Crippen LogP contribution in [0.2, 0.25) is 10.0 Å². The Morgan fingerprint density at radius 3 is 2.68 bits per heavy atom. The average molecular weight is 359 g/mol. The van der Waals surface area contributed by atoms with E-state index in [1.807, 2.05) is 0 Å². The van der Waals surface area contributed by atoms with Gasteiger partial charge in [0.2, 0.25) is 10.0 Å². The van der Waals surface area contributed by atoms with Gasteiger partial charge in [-0.15, -0.1) is 0 Å². The van der Waals surface area contributed by atoms with Gasteiger partial charge in [-0.25, -0.2) is 8.42 Å². The molecule has 2 aromatic rings. The fourth-order valence-corrected chi connectivity index (χ4v) is 3.82. The van der Waals surface area contributed by atoms with Crippen LogP contribution in [0.3, 0.4) is 0 Å². The smallest absolute Gasteiger partial charge is 0.247 e. The van der Waals surface area contributed by atoms with E-state index in [2.05, 4.69) is 5.10 Å². The van der Waals surface area contributed by atoms with E-state index < -0.39 is 16.1 Å². The van der Waals surface area contributed by atoms with Crippen molar-refractivity contribution in [1.82, 2.24) is 4.41 Å². The lowest BCUT2D eigenvalue weighted by atomic mass is 10.0. The molecule has 0 unspecified atom stereocenters. The molecule has 22 heavy (non-hydrogen) atoms. The number of halogens is 2. The zero-order valence-corrected chi connectivity index (χ0v) is 13.9. The summed E-state index contributed by atoms with van der Waals surface area (Å²) in [5.74, 6) is 0.543. The van der Waals surface area contributed by atoms with Crippen molar-refractivity contribution < 1.29 is 12.8 Å². The van der Waals surface area contributed by atoms with E-state index in [0.717, 1.165) is 10.7 Å². The highest BCUT2D eigenvalue weighted by Gasteiger charge is 2.36. The number of hydrogen-bond acceptors (Lipinski definition) is 4. The number of benzene rings is 1. The third-order valence-electron chi connectivity index (χ3n) is 3.34. The van der Waals surface area contributed by atoms with Gasteiger partial charge in [0.05, 0.1) is 18.6 Å². The van der Waals surface area contributed by atoms with Crippen molar-refractivity contribution in [3.05, 3.63) is 58.0 Å². The summed E-state index contributed by atoms with van der Waals surface area (Å²) in [5, 5.41) is 5.10. The largest absolute Gasteiger partial charge is 0.463 e. The topological polar surface area (TPSA) is 62.9 Å². The molecule has 8 heteroatoms. The Balaban J connectivity index is 2.04. The van der Waals surface area contributed by atoms with Crippen LogP contribution in [0.4, 0.5) is 0 Å². The summed E-state index contributed by atoms with van der Waals surface area (Å²) < 4.78 is 30.4. The molecule has 0 saturated carbocycles. The second-order valence-electron chi connectivity index (χ2n) is 4.95. The van der Waals surface area contributed by atoms with E-state index >= 15 is 0 Å². The maximum Gasteiger partial charge on any atom is 0.247 e. The first-order valence-corrected chi connectivity index (χ1v) is 9.02. The molecule has 0 bridgehead atoms. The summed E-state index contributed by atoms with van der Waals surface area (Å²) in [7, 11) is -3.54. The Bertz CT molecular complexity index is 832. The average Bonchev–Trinajstić information content (AvgIpc) is 3.06. The fraction of sp³-hybridized carbons (Fsp3) is 0.214. The second-order valence-corrected chi connectivity index (χ2v) is 7.63. The van der Waals surface area contributed by atoms with Crippen LogP contribution in [0.15, 0.2) is 46.1 Å². The van der Waals surface area contributed by atoms with Crippen LogP contribution in [0, 0.1) is 0 Å². The lowest BCUT2D eigenvalue weighted by molar-refractivity contribution is 0.375. The first kappa shape index (κ1) is 15.4. The number of hydrazone groups is 1. The molecule has 5 nitrogen and oxygen atoms in total. The summed E-state index contributed by atoms with van der Waals surface area (Å²) >= 11 is 12.1. The minimum atomic E-state index is -3.54. The third kappa shape index (κ3) is 2.86. The molecule has 0 fully saturated rings. The van der Waals surface area contributed by atoms with Crippen molar-refractivity contribution in [2.24, 2.45) is 5.10 Å².